The van der Waals surface area contributed by atoms with Crippen molar-refractivity contribution in [1.82, 2.24) is 5.32 Å². The standard InChI is InChI=1S/C21H23N3O3S/c1-14(15-5-3-2-4-6-15)22-19(25)16-7-8-18-17(13-16)23-20(26)21(28-18)24-9-11-27-12-10-24/h2-8,13-14,21H,9-12H2,1H3,(H,22,25)(H,23,26)/p+1. The smallest absolute Gasteiger partial charge is 0.294 e. The average molecular weight is 399 g/mol. The number of benzene rings is 2. The van der Waals surface area contributed by atoms with Crippen LogP contribution < -0.4 is 15.5 Å². The van der Waals surface area contributed by atoms with Crippen molar-refractivity contribution in [3.8, 4) is 0 Å². The van der Waals surface area contributed by atoms with E-state index in [1.54, 1.807) is 17.8 Å². The largest absolute Gasteiger partial charge is 0.370 e. The summed E-state index contributed by atoms with van der Waals surface area (Å²) in [5, 5.41) is 5.83. The molecule has 2 aliphatic rings. The van der Waals surface area contributed by atoms with Crippen molar-refractivity contribution in [2.75, 3.05) is 31.6 Å². The SMILES string of the molecule is CC(NC(=O)c1ccc2c(c1)NC(=O)C([NH+]1CCOCC1)S2)c1ccccc1. The maximum absolute atomic E-state index is 12.7. The van der Waals surface area contributed by atoms with Gasteiger partial charge < -0.3 is 20.3 Å². The highest BCUT2D eigenvalue weighted by atomic mass is 32.2. The Labute approximate surface area is 168 Å². The van der Waals surface area contributed by atoms with Crippen molar-refractivity contribution in [1.29, 1.82) is 0 Å². The van der Waals surface area contributed by atoms with Crippen LogP contribution in [0.2, 0.25) is 0 Å². The highest BCUT2D eigenvalue weighted by Gasteiger charge is 2.36. The number of amides is 2. The van der Waals surface area contributed by atoms with Crippen LogP contribution in [0.4, 0.5) is 5.69 Å². The van der Waals surface area contributed by atoms with Crippen LogP contribution in [-0.2, 0) is 9.53 Å². The number of thioether (sulfide) groups is 1. The maximum Gasteiger partial charge on any atom is 0.294 e. The molecule has 2 aromatic carbocycles. The van der Waals surface area contributed by atoms with Gasteiger partial charge in [0, 0.05) is 10.5 Å². The summed E-state index contributed by atoms with van der Waals surface area (Å²) in [5.74, 6) is -0.163. The third kappa shape index (κ3) is 4.06. The van der Waals surface area contributed by atoms with Gasteiger partial charge in [-0.15, -0.1) is 0 Å². The Morgan fingerprint density at radius 3 is 2.71 bits per heavy atom. The zero-order chi connectivity index (χ0) is 19.5. The Morgan fingerprint density at radius 1 is 1.21 bits per heavy atom. The second kappa shape index (κ2) is 8.34. The van der Waals surface area contributed by atoms with Crippen LogP contribution in [0.25, 0.3) is 0 Å². The van der Waals surface area contributed by atoms with Gasteiger partial charge in [-0.25, -0.2) is 0 Å². The number of carbonyl (C=O) groups excluding carboxylic acids is 2. The molecule has 0 radical (unpaired) electrons. The van der Waals surface area contributed by atoms with E-state index in [2.05, 4.69) is 10.6 Å². The highest BCUT2D eigenvalue weighted by molar-refractivity contribution is 8.00. The van der Waals surface area contributed by atoms with Crippen LogP contribution in [0.15, 0.2) is 53.4 Å². The number of quaternary nitrogens is 1. The minimum Gasteiger partial charge on any atom is -0.370 e. The molecule has 1 fully saturated rings. The molecule has 0 saturated carbocycles. The molecular weight excluding hydrogens is 374 g/mol. The van der Waals surface area contributed by atoms with Gasteiger partial charge in [0.1, 0.15) is 13.1 Å². The van der Waals surface area contributed by atoms with Crippen LogP contribution >= 0.6 is 11.8 Å². The first-order valence-corrected chi connectivity index (χ1v) is 10.4. The van der Waals surface area contributed by atoms with Crippen molar-refractivity contribution in [2.45, 2.75) is 23.2 Å². The van der Waals surface area contributed by atoms with Crippen molar-refractivity contribution >= 4 is 29.3 Å². The van der Waals surface area contributed by atoms with Gasteiger partial charge >= 0.3 is 0 Å². The fourth-order valence-electron chi connectivity index (χ4n) is 3.52. The molecule has 2 aliphatic heterocycles. The van der Waals surface area contributed by atoms with Gasteiger partial charge in [0.2, 0.25) is 5.37 Å². The second-order valence-electron chi connectivity index (χ2n) is 7.07. The third-order valence-corrected chi connectivity index (χ3v) is 6.53. The molecule has 28 heavy (non-hydrogen) atoms. The Balaban J connectivity index is 1.46. The number of anilines is 1. The topological polar surface area (TPSA) is 71.9 Å². The van der Waals surface area contributed by atoms with Crippen LogP contribution in [-0.4, -0.2) is 43.5 Å². The molecule has 0 spiro atoms. The van der Waals surface area contributed by atoms with Gasteiger partial charge in [0.05, 0.1) is 24.9 Å². The van der Waals surface area contributed by atoms with Crippen molar-refractivity contribution in [2.24, 2.45) is 0 Å². The number of hydrogen-bond acceptors (Lipinski definition) is 4. The van der Waals surface area contributed by atoms with Crippen LogP contribution in [0, 0.1) is 0 Å². The Kier molecular flexibility index (Phi) is 5.66. The summed E-state index contributed by atoms with van der Waals surface area (Å²) in [5.41, 5.74) is 2.30. The lowest BCUT2D eigenvalue weighted by Gasteiger charge is -2.33. The van der Waals surface area contributed by atoms with E-state index < -0.39 is 0 Å². The fraction of sp³-hybridized carbons (Fsp3) is 0.333. The molecule has 2 aromatic rings. The summed E-state index contributed by atoms with van der Waals surface area (Å²) in [7, 11) is 0. The Bertz CT molecular complexity index is 868. The summed E-state index contributed by atoms with van der Waals surface area (Å²) in [6.07, 6.45) is 0. The fourth-order valence-corrected chi connectivity index (χ4v) is 4.73. The van der Waals surface area contributed by atoms with Crippen molar-refractivity contribution in [3.05, 3.63) is 59.7 Å². The van der Waals surface area contributed by atoms with Crippen LogP contribution in [0.3, 0.4) is 0 Å². The van der Waals surface area contributed by atoms with E-state index in [0.29, 0.717) is 24.5 Å². The van der Waals surface area contributed by atoms with E-state index in [1.807, 2.05) is 49.4 Å². The lowest BCUT2D eigenvalue weighted by atomic mass is 10.1. The number of hydrogen-bond donors (Lipinski definition) is 3. The van der Waals surface area contributed by atoms with E-state index >= 15 is 0 Å². The molecule has 1 saturated heterocycles. The number of nitrogens with one attached hydrogen (secondary N) is 3. The van der Waals surface area contributed by atoms with Crippen LogP contribution in [0.1, 0.15) is 28.9 Å². The molecular formula is C21H24N3O3S+. The molecule has 2 unspecified atom stereocenters. The molecule has 0 aliphatic carbocycles. The van der Waals surface area contributed by atoms with Gasteiger partial charge in [-0.2, -0.15) is 0 Å². The zero-order valence-electron chi connectivity index (χ0n) is 15.7. The first-order valence-electron chi connectivity index (χ1n) is 9.51. The lowest BCUT2D eigenvalue weighted by Crippen LogP contribution is -3.18. The summed E-state index contributed by atoms with van der Waals surface area (Å²) in [6, 6.07) is 15.3. The third-order valence-electron chi connectivity index (χ3n) is 5.14. The quantitative estimate of drug-likeness (QED) is 0.729. The molecule has 2 heterocycles. The lowest BCUT2D eigenvalue weighted by molar-refractivity contribution is -0.909. The predicted molar refractivity (Wildman–Crippen MR) is 109 cm³/mol. The first kappa shape index (κ1) is 19.0. The molecule has 146 valence electrons. The minimum atomic E-state index is -0.172. The maximum atomic E-state index is 12.7. The highest BCUT2D eigenvalue weighted by Crippen LogP contribution is 2.34. The van der Waals surface area contributed by atoms with Crippen molar-refractivity contribution < 1.29 is 19.2 Å². The van der Waals surface area contributed by atoms with Gasteiger partial charge in [-0.1, -0.05) is 42.1 Å². The normalized spacial score (nSPS) is 20.8. The zero-order valence-corrected chi connectivity index (χ0v) is 16.6. The first-order chi connectivity index (χ1) is 13.6. The molecule has 3 N–H and O–H groups in total. The molecule has 6 nitrogen and oxygen atoms in total. The molecule has 7 heteroatoms. The van der Waals surface area contributed by atoms with E-state index in [1.165, 1.54) is 4.90 Å². The minimum absolute atomic E-state index is 0.00962. The predicted octanol–water partition coefficient (Wildman–Crippen LogP) is 1.46. The van der Waals surface area contributed by atoms with E-state index in [0.717, 1.165) is 23.5 Å². The number of ether oxygens (including phenoxy) is 1. The average Bonchev–Trinajstić information content (AvgIpc) is 2.74. The Morgan fingerprint density at radius 2 is 1.96 bits per heavy atom. The number of carbonyl (C=O) groups is 2. The monoisotopic (exact) mass is 398 g/mol. The molecule has 2 atom stereocenters. The number of morpholine rings is 1. The van der Waals surface area contributed by atoms with Crippen LogP contribution in [0.5, 0.6) is 0 Å². The molecule has 0 aromatic heterocycles. The molecule has 4 rings (SSSR count). The van der Waals surface area contributed by atoms with E-state index in [-0.39, 0.29) is 23.2 Å². The van der Waals surface area contributed by atoms with Gasteiger partial charge in [-0.3, -0.25) is 9.59 Å². The number of rotatable bonds is 4. The second-order valence-corrected chi connectivity index (χ2v) is 8.22. The summed E-state index contributed by atoms with van der Waals surface area (Å²) in [6.45, 7) is 4.99. The molecule has 0 bridgehead atoms. The van der Waals surface area contributed by atoms with Gasteiger partial charge in [0.15, 0.2) is 0 Å². The summed E-state index contributed by atoms with van der Waals surface area (Å²) >= 11 is 1.57. The van der Waals surface area contributed by atoms with Gasteiger partial charge in [-0.05, 0) is 30.7 Å². The number of fused-ring (bicyclic) bond motifs is 1. The summed E-state index contributed by atoms with van der Waals surface area (Å²) in [4.78, 5) is 27.5. The van der Waals surface area contributed by atoms with Gasteiger partial charge in [0.25, 0.3) is 11.8 Å². The van der Waals surface area contributed by atoms with Crippen molar-refractivity contribution in [3.63, 3.8) is 0 Å². The van der Waals surface area contributed by atoms with E-state index in [4.69, 9.17) is 4.74 Å². The Hall–Kier alpha value is -2.35. The van der Waals surface area contributed by atoms with E-state index in [9.17, 15) is 9.59 Å². The molecule has 2 amide bonds. The summed E-state index contributed by atoms with van der Waals surface area (Å²) < 4.78 is 5.39.